The molecule has 5 nitrogen and oxygen atoms in total. The van der Waals surface area contributed by atoms with E-state index in [1.54, 1.807) is 6.07 Å². The Labute approximate surface area is 137 Å². The van der Waals surface area contributed by atoms with Crippen LogP contribution < -0.4 is 5.73 Å². The fourth-order valence-electron chi connectivity index (χ4n) is 1.47. The van der Waals surface area contributed by atoms with Crippen LogP contribution in [0.4, 0.5) is 0 Å². The van der Waals surface area contributed by atoms with E-state index in [0.29, 0.717) is 22.2 Å². The monoisotopic (exact) mass is 400 g/mol. The number of nitrogens with two attached hydrogens (primary N) is 1. The molecule has 0 atom stereocenters. The van der Waals surface area contributed by atoms with E-state index in [9.17, 15) is 8.42 Å². The van der Waals surface area contributed by atoms with Gasteiger partial charge in [0, 0.05) is 26.6 Å². The molecule has 0 amide bonds. The molecule has 9 heteroatoms. The van der Waals surface area contributed by atoms with E-state index in [0.717, 1.165) is 9.35 Å². The highest BCUT2D eigenvalue weighted by molar-refractivity contribution is 9.11. The predicted molar refractivity (Wildman–Crippen MR) is 88.8 cm³/mol. The zero-order valence-electron chi connectivity index (χ0n) is 11.3. The summed E-state index contributed by atoms with van der Waals surface area (Å²) in [5.74, 6) is 0. The van der Waals surface area contributed by atoms with Crippen LogP contribution in [0, 0.1) is 6.92 Å². The van der Waals surface area contributed by atoms with Gasteiger partial charge < -0.3 is 10.5 Å². The highest BCUT2D eigenvalue weighted by atomic mass is 79.9. The minimum Gasteiger partial charge on any atom is -0.393 e. The van der Waals surface area contributed by atoms with E-state index >= 15 is 0 Å². The van der Waals surface area contributed by atoms with Crippen molar-refractivity contribution in [2.24, 2.45) is 5.73 Å². The summed E-state index contributed by atoms with van der Waals surface area (Å²) in [6.45, 7) is 2.71. The Hall–Kier alpha value is -0.0600. The standard InChI is InChI=1S/C11H17BrN2O3S3/c1-8-7-10(19-11(8)12)20(15,16)14(5-6-17-2)4-3-9(13)18/h7H,3-6H2,1-2H3,(H2,13,18). The number of hydrogen-bond donors (Lipinski definition) is 1. The third kappa shape index (κ3) is 4.74. The quantitative estimate of drug-likeness (QED) is 0.676. The maximum atomic E-state index is 12.6. The van der Waals surface area contributed by atoms with Gasteiger partial charge in [-0.05, 0) is 34.5 Å². The van der Waals surface area contributed by atoms with Crippen molar-refractivity contribution in [1.29, 1.82) is 0 Å². The van der Waals surface area contributed by atoms with E-state index in [1.165, 1.54) is 22.8 Å². The zero-order valence-corrected chi connectivity index (χ0v) is 15.3. The molecule has 2 N–H and O–H groups in total. The third-order valence-electron chi connectivity index (χ3n) is 2.58. The second kappa shape index (κ2) is 7.81. The largest absolute Gasteiger partial charge is 0.393 e. The molecule has 1 aromatic rings. The fourth-order valence-corrected chi connectivity index (χ4v) is 5.36. The van der Waals surface area contributed by atoms with E-state index in [2.05, 4.69) is 15.9 Å². The van der Waals surface area contributed by atoms with Crippen LogP contribution in [-0.4, -0.2) is 44.5 Å². The second-order valence-corrected chi connectivity index (χ2v) is 9.19. The van der Waals surface area contributed by atoms with Crippen LogP contribution in [0.3, 0.4) is 0 Å². The number of thiophene rings is 1. The molecule has 0 bridgehead atoms. The molecule has 0 radical (unpaired) electrons. The van der Waals surface area contributed by atoms with E-state index in [1.807, 2.05) is 6.92 Å². The molecule has 0 aliphatic carbocycles. The highest BCUT2D eigenvalue weighted by Crippen LogP contribution is 2.32. The van der Waals surface area contributed by atoms with Crippen LogP contribution in [0.2, 0.25) is 0 Å². The summed E-state index contributed by atoms with van der Waals surface area (Å²) in [5, 5.41) is 0. The molecule has 0 unspecified atom stereocenters. The summed E-state index contributed by atoms with van der Waals surface area (Å²) in [4.78, 5) is 0.297. The smallest absolute Gasteiger partial charge is 0.252 e. The van der Waals surface area contributed by atoms with Gasteiger partial charge in [-0.3, -0.25) is 0 Å². The molecule has 0 fully saturated rings. The van der Waals surface area contributed by atoms with Gasteiger partial charge in [-0.25, -0.2) is 8.42 Å². The molecule has 1 rings (SSSR count). The topological polar surface area (TPSA) is 72.6 Å². The first kappa shape index (κ1) is 18.0. The van der Waals surface area contributed by atoms with Gasteiger partial charge in [0.05, 0.1) is 15.4 Å². The van der Waals surface area contributed by atoms with Gasteiger partial charge in [0.25, 0.3) is 10.0 Å². The van der Waals surface area contributed by atoms with Gasteiger partial charge in [-0.15, -0.1) is 11.3 Å². The lowest BCUT2D eigenvalue weighted by Crippen LogP contribution is -2.35. The molecular weight excluding hydrogens is 384 g/mol. The highest BCUT2D eigenvalue weighted by Gasteiger charge is 2.26. The summed E-state index contributed by atoms with van der Waals surface area (Å²) >= 11 is 9.35. The SMILES string of the molecule is COCCN(CCC(N)=S)S(=O)(=O)c1cc(C)c(Br)s1. The van der Waals surface area contributed by atoms with Crippen LogP contribution in [0.25, 0.3) is 0 Å². The Bertz CT molecular complexity index is 552. The Kier molecular flexibility index (Phi) is 7.02. The number of thiocarbonyl (C=S) groups is 1. The first-order chi connectivity index (χ1) is 9.28. The molecular formula is C11H17BrN2O3S3. The van der Waals surface area contributed by atoms with Gasteiger partial charge in [0.1, 0.15) is 4.21 Å². The van der Waals surface area contributed by atoms with Crippen LogP contribution in [0.15, 0.2) is 14.1 Å². The normalized spacial score (nSPS) is 12.0. The van der Waals surface area contributed by atoms with Crippen molar-refractivity contribution in [1.82, 2.24) is 4.31 Å². The number of methoxy groups -OCH3 is 1. The van der Waals surface area contributed by atoms with Gasteiger partial charge in [-0.1, -0.05) is 12.2 Å². The zero-order chi connectivity index (χ0) is 15.3. The number of sulfonamides is 1. The van der Waals surface area contributed by atoms with Crippen LogP contribution in [-0.2, 0) is 14.8 Å². The van der Waals surface area contributed by atoms with Crippen molar-refractivity contribution in [3.05, 3.63) is 15.4 Å². The first-order valence-corrected chi connectivity index (χ1v) is 9.28. The van der Waals surface area contributed by atoms with Crippen molar-refractivity contribution >= 4 is 54.5 Å². The minimum atomic E-state index is -3.54. The summed E-state index contributed by atoms with van der Waals surface area (Å²) in [6.07, 6.45) is 0.351. The number of ether oxygens (including phenoxy) is 1. The van der Waals surface area contributed by atoms with Gasteiger partial charge >= 0.3 is 0 Å². The average Bonchev–Trinajstić information content (AvgIpc) is 2.70. The Morgan fingerprint density at radius 1 is 1.55 bits per heavy atom. The van der Waals surface area contributed by atoms with Crippen molar-refractivity contribution < 1.29 is 13.2 Å². The predicted octanol–water partition coefficient (Wildman–Crippen LogP) is 2.13. The Morgan fingerprint density at radius 2 is 2.20 bits per heavy atom. The van der Waals surface area contributed by atoms with Crippen LogP contribution in [0.1, 0.15) is 12.0 Å². The first-order valence-electron chi connectivity index (χ1n) is 5.82. The maximum Gasteiger partial charge on any atom is 0.252 e. The third-order valence-corrected chi connectivity index (χ3v) is 7.27. The lowest BCUT2D eigenvalue weighted by atomic mass is 10.4. The molecule has 1 heterocycles. The van der Waals surface area contributed by atoms with Crippen molar-refractivity contribution in [2.75, 3.05) is 26.8 Å². The van der Waals surface area contributed by atoms with Crippen molar-refractivity contribution in [3.8, 4) is 0 Å². The minimum absolute atomic E-state index is 0.260. The number of aryl methyl sites for hydroxylation is 1. The van der Waals surface area contributed by atoms with Crippen LogP contribution in [0.5, 0.6) is 0 Å². The summed E-state index contributed by atoms with van der Waals surface area (Å²) < 4.78 is 32.6. The molecule has 0 aromatic carbocycles. The van der Waals surface area contributed by atoms with Crippen molar-refractivity contribution in [2.45, 2.75) is 17.6 Å². The van der Waals surface area contributed by atoms with Gasteiger partial charge in [0.15, 0.2) is 0 Å². The van der Waals surface area contributed by atoms with Gasteiger partial charge in [-0.2, -0.15) is 4.31 Å². The lowest BCUT2D eigenvalue weighted by Gasteiger charge is -2.20. The number of nitrogens with zero attached hydrogens (tertiary/aromatic N) is 1. The summed E-state index contributed by atoms with van der Waals surface area (Å²) in [7, 11) is -2.01. The molecule has 0 aliphatic heterocycles. The average molecular weight is 401 g/mol. The van der Waals surface area contributed by atoms with Gasteiger partial charge in [0.2, 0.25) is 0 Å². The molecule has 0 aliphatic rings. The Balaban J connectivity index is 2.99. The number of halogens is 1. The molecule has 1 aromatic heterocycles. The van der Waals surface area contributed by atoms with Crippen LogP contribution >= 0.6 is 39.5 Å². The summed E-state index contributed by atoms with van der Waals surface area (Å²) in [6, 6.07) is 1.66. The van der Waals surface area contributed by atoms with E-state index in [4.69, 9.17) is 22.7 Å². The summed E-state index contributed by atoms with van der Waals surface area (Å²) in [5.41, 5.74) is 6.35. The maximum absolute atomic E-state index is 12.6. The van der Waals surface area contributed by atoms with E-state index < -0.39 is 10.0 Å². The molecule has 0 saturated carbocycles. The molecule has 0 saturated heterocycles. The number of hydrogen-bond acceptors (Lipinski definition) is 5. The second-order valence-electron chi connectivity index (χ2n) is 4.14. The molecule has 0 spiro atoms. The number of rotatable bonds is 8. The molecule has 20 heavy (non-hydrogen) atoms. The fraction of sp³-hybridized carbons (Fsp3) is 0.545. The Morgan fingerprint density at radius 3 is 2.65 bits per heavy atom. The van der Waals surface area contributed by atoms with Crippen molar-refractivity contribution in [3.63, 3.8) is 0 Å². The molecule has 114 valence electrons. The lowest BCUT2D eigenvalue weighted by molar-refractivity contribution is 0.180. The van der Waals surface area contributed by atoms with E-state index in [-0.39, 0.29) is 13.1 Å².